The van der Waals surface area contributed by atoms with Gasteiger partial charge in [0.15, 0.2) is 5.60 Å². The lowest BCUT2D eigenvalue weighted by atomic mass is 9.73. The van der Waals surface area contributed by atoms with Crippen LogP contribution in [0, 0.1) is 0 Å². The Morgan fingerprint density at radius 1 is 1.40 bits per heavy atom. The molecule has 0 heterocycles. The van der Waals surface area contributed by atoms with Gasteiger partial charge in [-0.05, 0) is 38.2 Å². The highest BCUT2D eigenvalue weighted by atomic mass is 16.6. The molecular formula is C17H22O3. The Morgan fingerprint density at radius 3 is 2.65 bits per heavy atom. The average molecular weight is 274 g/mol. The minimum absolute atomic E-state index is 0.113. The van der Waals surface area contributed by atoms with Gasteiger partial charge >= 0.3 is 5.97 Å². The van der Waals surface area contributed by atoms with E-state index in [1.165, 1.54) is 0 Å². The van der Waals surface area contributed by atoms with E-state index in [1.54, 1.807) is 13.8 Å². The summed E-state index contributed by atoms with van der Waals surface area (Å²) in [5, 5.41) is 10.7. The summed E-state index contributed by atoms with van der Waals surface area (Å²) in [5.41, 5.74) is 0.581. The van der Waals surface area contributed by atoms with Crippen LogP contribution in [0.1, 0.15) is 44.6 Å². The van der Waals surface area contributed by atoms with Crippen molar-refractivity contribution in [1.29, 1.82) is 0 Å². The highest BCUT2D eigenvalue weighted by molar-refractivity contribution is 5.80. The van der Waals surface area contributed by atoms with Gasteiger partial charge in [-0.15, -0.1) is 0 Å². The normalized spacial score (nSPS) is 26.6. The lowest BCUT2D eigenvalue weighted by molar-refractivity contribution is -0.171. The van der Waals surface area contributed by atoms with Crippen LogP contribution in [-0.4, -0.2) is 22.8 Å². The Bertz CT molecular complexity index is 492. The Kier molecular flexibility index (Phi) is 4.29. The maximum absolute atomic E-state index is 12.1. The first-order valence-corrected chi connectivity index (χ1v) is 7.06. The predicted octanol–water partition coefficient (Wildman–Crippen LogP) is 3.19. The van der Waals surface area contributed by atoms with Gasteiger partial charge in [0.2, 0.25) is 0 Å². The van der Waals surface area contributed by atoms with Crippen LogP contribution in [0.15, 0.2) is 42.5 Å². The standard InChI is InChI=1S/C17H22O3/c1-12(2)20-16(18)17(19)10-13(3)9-15(11-17)14-7-5-4-6-8-14/h4-8,12,15,19H,3,9-11H2,1-2H3/t15-,17-/m0/s1. The number of hydrogen-bond acceptors (Lipinski definition) is 3. The molecule has 2 rings (SSSR count). The van der Waals surface area contributed by atoms with Gasteiger partial charge in [0.05, 0.1) is 6.10 Å². The molecule has 1 aromatic carbocycles. The van der Waals surface area contributed by atoms with E-state index >= 15 is 0 Å². The van der Waals surface area contributed by atoms with Crippen molar-refractivity contribution in [3.8, 4) is 0 Å². The summed E-state index contributed by atoms with van der Waals surface area (Å²) in [5.74, 6) is -0.420. The molecule has 1 aliphatic carbocycles. The van der Waals surface area contributed by atoms with Crippen LogP contribution in [0.2, 0.25) is 0 Å². The molecule has 1 aromatic rings. The first kappa shape index (κ1) is 14.8. The number of carbonyl (C=O) groups is 1. The van der Waals surface area contributed by atoms with Crippen LogP contribution in [0.3, 0.4) is 0 Å². The molecular weight excluding hydrogens is 252 g/mol. The topological polar surface area (TPSA) is 46.5 Å². The summed E-state index contributed by atoms with van der Waals surface area (Å²) in [6, 6.07) is 9.95. The molecule has 0 radical (unpaired) electrons. The Labute approximate surface area is 120 Å². The van der Waals surface area contributed by atoms with Crippen molar-refractivity contribution in [3.05, 3.63) is 48.0 Å². The maximum atomic E-state index is 12.1. The zero-order valence-electron chi connectivity index (χ0n) is 12.1. The minimum Gasteiger partial charge on any atom is -0.461 e. The van der Waals surface area contributed by atoms with E-state index < -0.39 is 11.6 Å². The number of rotatable bonds is 3. The first-order chi connectivity index (χ1) is 9.40. The molecule has 1 N–H and O–H groups in total. The number of esters is 1. The first-order valence-electron chi connectivity index (χ1n) is 7.06. The van der Waals surface area contributed by atoms with Crippen molar-refractivity contribution >= 4 is 5.97 Å². The Hall–Kier alpha value is -1.61. The maximum Gasteiger partial charge on any atom is 0.338 e. The van der Waals surface area contributed by atoms with E-state index in [1.807, 2.05) is 30.3 Å². The van der Waals surface area contributed by atoms with Crippen molar-refractivity contribution in [2.24, 2.45) is 0 Å². The quantitative estimate of drug-likeness (QED) is 0.680. The van der Waals surface area contributed by atoms with Crippen LogP contribution in [0.4, 0.5) is 0 Å². The van der Waals surface area contributed by atoms with Crippen LogP contribution in [0.25, 0.3) is 0 Å². The smallest absolute Gasteiger partial charge is 0.338 e. The molecule has 2 atom stereocenters. The molecule has 1 saturated carbocycles. The largest absolute Gasteiger partial charge is 0.461 e. The minimum atomic E-state index is -1.44. The van der Waals surface area contributed by atoms with Crippen molar-refractivity contribution in [1.82, 2.24) is 0 Å². The monoisotopic (exact) mass is 274 g/mol. The second kappa shape index (κ2) is 5.80. The highest BCUT2D eigenvalue weighted by Crippen LogP contribution is 2.41. The number of ether oxygens (including phenoxy) is 1. The molecule has 3 nitrogen and oxygen atoms in total. The lowest BCUT2D eigenvalue weighted by Gasteiger charge is -2.36. The Morgan fingerprint density at radius 2 is 2.05 bits per heavy atom. The van der Waals surface area contributed by atoms with Gasteiger partial charge in [-0.3, -0.25) is 0 Å². The SMILES string of the molecule is C=C1C[C@H](c2ccccc2)C[C@](O)(C(=O)OC(C)C)C1. The fourth-order valence-corrected chi connectivity index (χ4v) is 2.83. The molecule has 0 saturated heterocycles. The number of hydrogen-bond donors (Lipinski definition) is 1. The van der Waals surface area contributed by atoms with Crippen molar-refractivity contribution < 1.29 is 14.6 Å². The number of benzene rings is 1. The fourth-order valence-electron chi connectivity index (χ4n) is 2.83. The van der Waals surface area contributed by atoms with Gasteiger partial charge in [-0.1, -0.05) is 42.5 Å². The van der Waals surface area contributed by atoms with E-state index in [9.17, 15) is 9.90 Å². The zero-order valence-corrected chi connectivity index (χ0v) is 12.1. The van der Waals surface area contributed by atoms with Gasteiger partial charge in [-0.25, -0.2) is 4.79 Å². The summed E-state index contributed by atoms with van der Waals surface area (Å²) in [6.07, 6.45) is 1.27. The fraction of sp³-hybridized carbons (Fsp3) is 0.471. The van der Waals surface area contributed by atoms with E-state index in [-0.39, 0.29) is 12.0 Å². The third kappa shape index (κ3) is 3.28. The molecule has 0 bridgehead atoms. The molecule has 1 fully saturated rings. The predicted molar refractivity (Wildman–Crippen MR) is 78.4 cm³/mol. The van der Waals surface area contributed by atoms with E-state index in [0.29, 0.717) is 12.8 Å². The van der Waals surface area contributed by atoms with Crippen LogP contribution < -0.4 is 0 Å². The van der Waals surface area contributed by atoms with Crippen molar-refractivity contribution in [2.45, 2.75) is 50.7 Å². The molecule has 0 spiro atoms. The lowest BCUT2D eigenvalue weighted by Crippen LogP contribution is -2.45. The summed E-state index contributed by atoms with van der Waals surface area (Å²) in [4.78, 5) is 12.1. The molecule has 1 aliphatic rings. The zero-order chi connectivity index (χ0) is 14.8. The second-order valence-corrected chi connectivity index (χ2v) is 5.93. The number of aliphatic hydroxyl groups is 1. The van der Waals surface area contributed by atoms with E-state index in [2.05, 4.69) is 6.58 Å². The van der Waals surface area contributed by atoms with Crippen molar-refractivity contribution in [3.63, 3.8) is 0 Å². The average Bonchev–Trinajstić information content (AvgIpc) is 2.38. The highest BCUT2D eigenvalue weighted by Gasteiger charge is 2.44. The van der Waals surface area contributed by atoms with Gasteiger partial charge in [0.1, 0.15) is 0 Å². The van der Waals surface area contributed by atoms with Crippen LogP contribution in [0.5, 0.6) is 0 Å². The van der Waals surface area contributed by atoms with Gasteiger partial charge < -0.3 is 9.84 Å². The third-order valence-electron chi connectivity index (χ3n) is 3.66. The van der Waals surface area contributed by atoms with Crippen molar-refractivity contribution in [2.75, 3.05) is 0 Å². The molecule has 0 amide bonds. The Balaban J connectivity index is 2.19. The van der Waals surface area contributed by atoms with Gasteiger partial charge in [-0.2, -0.15) is 0 Å². The van der Waals surface area contributed by atoms with E-state index in [0.717, 1.165) is 17.6 Å². The van der Waals surface area contributed by atoms with Gasteiger partial charge in [0, 0.05) is 6.42 Å². The molecule has 3 heteroatoms. The summed E-state index contributed by atoms with van der Waals surface area (Å²) < 4.78 is 5.20. The molecule has 20 heavy (non-hydrogen) atoms. The third-order valence-corrected chi connectivity index (χ3v) is 3.66. The van der Waals surface area contributed by atoms with Gasteiger partial charge in [0.25, 0.3) is 0 Å². The van der Waals surface area contributed by atoms with Crippen LogP contribution >= 0.6 is 0 Å². The number of carbonyl (C=O) groups excluding carboxylic acids is 1. The second-order valence-electron chi connectivity index (χ2n) is 5.93. The van der Waals surface area contributed by atoms with E-state index in [4.69, 9.17) is 4.74 Å². The molecule has 108 valence electrons. The molecule has 0 aliphatic heterocycles. The summed E-state index contributed by atoms with van der Waals surface area (Å²) in [6.45, 7) is 7.55. The molecule has 0 aromatic heterocycles. The summed E-state index contributed by atoms with van der Waals surface area (Å²) in [7, 11) is 0. The molecule has 0 unspecified atom stereocenters. The van der Waals surface area contributed by atoms with Crippen LogP contribution in [-0.2, 0) is 9.53 Å². The summed E-state index contributed by atoms with van der Waals surface area (Å²) >= 11 is 0.